The first-order chi connectivity index (χ1) is 17.5. The zero-order valence-corrected chi connectivity index (χ0v) is 23.3. The van der Waals surface area contributed by atoms with Crippen LogP contribution in [0.15, 0.2) is 70.5 Å². The molecule has 0 N–H and O–H groups in total. The summed E-state index contributed by atoms with van der Waals surface area (Å²) in [6.07, 6.45) is 18.7. The minimum Gasteiger partial charge on any atom is -0.306 e. The third-order valence-corrected chi connectivity index (χ3v) is 8.01. The molecule has 6 nitrogen and oxygen atoms in total. The predicted molar refractivity (Wildman–Crippen MR) is 151 cm³/mol. The topological polar surface area (TPSA) is 48.0 Å². The molecule has 0 amide bonds. The third kappa shape index (κ3) is 6.19. The monoisotopic (exact) mass is 551 g/mol. The molecule has 1 aliphatic rings. The molecule has 1 aromatic carbocycles. The number of hydrogen-bond donors (Lipinski definition) is 0. The number of benzene rings is 1. The first-order valence-corrected chi connectivity index (χ1v) is 13.9. The van der Waals surface area contributed by atoms with Crippen LogP contribution in [0.2, 0.25) is 0 Å². The van der Waals surface area contributed by atoms with Crippen molar-refractivity contribution in [1.29, 1.82) is 0 Å². The van der Waals surface area contributed by atoms with Crippen LogP contribution in [0.4, 0.5) is 0 Å². The Hall–Kier alpha value is -2.64. The largest absolute Gasteiger partial charge is 0.306 e. The van der Waals surface area contributed by atoms with Gasteiger partial charge in [0.2, 0.25) is 0 Å². The van der Waals surface area contributed by atoms with Crippen LogP contribution in [-0.4, -0.2) is 36.9 Å². The third-order valence-electron chi connectivity index (χ3n) is 7.22. The van der Waals surface area contributed by atoms with E-state index in [0.717, 1.165) is 55.5 Å². The normalized spacial score (nSPS) is 15.8. The van der Waals surface area contributed by atoms with E-state index >= 15 is 0 Å². The maximum atomic E-state index is 13.0. The fraction of sp³-hybridized carbons (Fsp3) is 0.448. The van der Waals surface area contributed by atoms with Gasteiger partial charge in [0, 0.05) is 31.7 Å². The number of nitrogens with zero attached hydrogens (tertiary/aromatic N) is 5. The average Bonchev–Trinajstić information content (AvgIpc) is 3.49. The van der Waals surface area contributed by atoms with Crippen molar-refractivity contribution in [3.05, 3.63) is 87.3 Å². The van der Waals surface area contributed by atoms with E-state index in [0.29, 0.717) is 4.47 Å². The van der Waals surface area contributed by atoms with Crippen LogP contribution in [0.3, 0.4) is 0 Å². The molecule has 7 heteroatoms. The molecule has 192 valence electrons. The minimum absolute atomic E-state index is 0.0123. The van der Waals surface area contributed by atoms with E-state index < -0.39 is 0 Å². The Kier molecular flexibility index (Phi) is 9.21. The van der Waals surface area contributed by atoms with E-state index in [9.17, 15) is 4.79 Å². The van der Waals surface area contributed by atoms with Crippen LogP contribution < -0.4 is 5.56 Å². The zero-order chi connectivity index (χ0) is 25.5. The highest BCUT2D eigenvalue weighted by Crippen LogP contribution is 2.26. The Morgan fingerprint density at radius 1 is 1.19 bits per heavy atom. The molecule has 0 unspecified atom stereocenters. The first kappa shape index (κ1) is 26.4. The molecule has 2 aromatic heterocycles. The number of likely N-dealkylation sites (tertiary alicyclic amines) is 1. The lowest BCUT2D eigenvalue weighted by molar-refractivity contribution is 0.167. The quantitative estimate of drug-likeness (QED) is 0.282. The molecule has 0 saturated carbocycles. The number of rotatable bonds is 10. The number of allylic oxidation sites excluding steroid dienone is 4. The highest BCUT2D eigenvalue weighted by molar-refractivity contribution is 9.10. The van der Waals surface area contributed by atoms with Gasteiger partial charge in [0.15, 0.2) is 0 Å². The van der Waals surface area contributed by atoms with Crippen LogP contribution in [0.25, 0.3) is 11.4 Å². The van der Waals surface area contributed by atoms with Crippen LogP contribution in [-0.2, 0) is 20.0 Å². The Morgan fingerprint density at radius 2 is 1.94 bits per heavy atom. The molecule has 0 spiro atoms. The summed E-state index contributed by atoms with van der Waals surface area (Å²) in [5, 5.41) is 0. The van der Waals surface area contributed by atoms with Gasteiger partial charge in [0.25, 0.3) is 5.56 Å². The number of halogens is 1. The lowest BCUT2D eigenvalue weighted by Crippen LogP contribution is -2.34. The molecular weight excluding hydrogens is 514 g/mol. The molecule has 36 heavy (non-hydrogen) atoms. The van der Waals surface area contributed by atoms with Gasteiger partial charge in [-0.2, -0.15) is 0 Å². The van der Waals surface area contributed by atoms with Gasteiger partial charge in [0.1, 0.15) is 4.47 Å². The molecule has 0 atom stereocenters. The van der Waals surface area contributed by atoms with Crippen molar-refractivity contribution in [3.63, 3.8) is 0 Å². The van der Waals surface area contributed by atoms with E-state index in [-0.39, 0.29) is 5.56 Å². The van der Waals surface area contributed by atoms with Crippen molar-refractivity contribution in [2.75, 3.05) is 13.1 Å². The summed E-state index contributed by atoms with van der Waals surface area (Å²) < 4.78 is 6.50. The van der Waals surface area contributed by atoms with Crippen molar-refractivity contribution >= 4 is 21.6 Å². The summed E-state index contributed by atoms with van der Waals surface area (Å²) >= 11 is 3.60. The summed E-state index contributed by atoms with van der Waals surface area (Å²) in [7, 11) is 1.99. The molecule has 4 rings (SSSR count). The smallest absolute Gasteiger partial charge is 0.286 e. The number of imidazole rings is 1. The van der Waals surface area contributed by atoms with E-state index in [2.05, 4.69) is 63.1 Å². The molecule has 1 aliphatic heterocycles. The number of aromatic nitrogens is 4. The Balaban J connectivity index is 1.27. The second-order valence-corrected chi connectivity index (χ2v) is 10.5. The predicted octanol–water partition coefficient (Wildman–Crippen LogP) is 6.20. The zero-order valence-electron chi connectivity index (χ0n) is 21.7. The first-order valence-electron chi connectivity index (χ1n) is 13.1. The number of piperidine rings is 1. The SMILES string of the molecule is C/C=C\C(=C/CC)n1c(=O)c(Br)c(CN2CCC(CCCc3ccc(-n4ccnc4)cc3)CC2)n1C. The van der Waals surface area contributed by atoms with Crippen molar-refractivity contribution in [2.24, 2.45) is 13.0 Å². The number of hydrogen-bond acceptors (Lipinski definition) is 3. The van der Waals surface area contributed by atoms with Gasteiger partial charge in [0.05, 0.1) is 17.7 Å². The van der Waals surface area contributed by atoms with E-state index in [4.69, 9.17) is 0 Å². The van der Waals surface area contributed by atoms with Crippen LogP contribution in [0.1, 0.15) is 57.2 Å². The summed E-state index contributed by atoms with van der Waals surface area (Å²) in [4.78, 5) is 19.6. The summed E-state index contributed by atoms with van der Waals surface area (Å²) in [6.45, 7) is 7.04. The van der Waals surface area contributed by atoms with Gasteiger partial charge in [-0.05, 0) is 97.7 Å². The van der Waals surface area contributed by atoms with Gasteiger partial charge in [-0.25, -0.2) is 9.67 Å². The van der Waals surface area contributed by atoms with Gasteiger partial charge >= 0.3 is 0 Å². The van der Waals surface area contributed by atoms with E-state index in [1.807, 2.05) is 47.9 Å². The fourth-order valence-electron chi connectivity index (χ4n) is 5.17. The van der Waals surface area contributed by atoms with Crippen LogP contribution in [0, 0.1) is 5.92 Å². The lowest BCUT2D eigenvalue weighted by atomic mass is 9.90. The van der Waals surface area contributed by atoms with Crippen molar-refractivity contribution < 1.29 is 0 Å². The second-order valence-electron chi connectivity index (χ2n) is 9.69. The van der Waals surface area contributed by atoms with Gasteiger partial charge in [-0.15, -0.1) is 0 Å². The fourth-order valence-corrected chi connectivity index (χ4v) is 5.72. The molecule has 1 fully saturated rings. The highest BCUT2D eigenvalue weighted by atomic mass is 79.9. The molecule has 0 aliphatic carbocycles. The Labute approximate surface area is 223 Å². The highest BCUT2D eigenvalue weighted by Gasteiger charge is 2.23. The Bertz CT molecular complexity index is 1230. The standard InChI is InChI=1S/C29H38BrN5O/c1-4-7-26(8-5-2)35-29(36)28(30)27(32(35)3)21-33-18-15-24(16-19-33)10-6-9-23-11-13-25(14-12-23)34-20-17-31-22-34/h4,7-8,11-14,17,20,22,24H,5-6,9-10,15-16,18-19,21H2,1-3H3/b7-4-,26-8+. The minimum atomic E-state index is 0.0123. The Morgan fingerprint density at radius 3 is 2.58 bits per heavy atom. The van der Waals surface area contributed by atoms with Crippen LogP contribution in [0.5, 0.6) is 0 Å². The molecular formula is C29H38BrN5O. The average molecular weight is 553 g/mol. The molecule has 0 bridgehead atoms. The summed E-state index contributed by atoms with van der Waals surface area (Å²) in [5.74, 6) is 0.789. The van der Waals surface area contributed by atoms with Gasteiger partial charge in [-0.1, -0.05) is 37.6 Å². The lowest BCUT2D eigenvalue weighted by Gasteiger charge is -2.32. The van der Waals surface area contributed by atoms with Gasteiger partial charge in [-0.3, -0.25) is 14.4 Å². The molecule has 1 saturated heterocycles. The van der Waals surface area contributed by atoms with Crippen molar-refractivity contribution in [3.8, 4) is 5.69 Å². The van der Waals surface area contributed by atoms with Gasteiger partial charge < -0.3 is 4.57 Å². The number of aryl methyl sites for hydroxylation is 1. The molecule has 3 heterocycles. The van der Waals surface area contributed by atoms with Crippen molar-refractivity contribution in [1.82, 2.24) is 23.8 Å². The van der Waals surface area contributed by atoms with E-state index in [1.165, 1.54) is 31.2 Å². The maximum absolute atomic E-state index is 13.0. The maximum Gasteiger partial charge on any atom is 0.286 e. The second kappa shape index (κ2) is 12.5. The molecule has 0 radical (unpaired) electrons. The summed E-state index contributed by atoms with van der Waals surface area (Å²) in [6, 6.07) is 8.83. The summed E-state index contributed by atoms with van der Waals surface area (Å²) in [5.41, 5.74) is 4.54. The van der Waals surface area contributed by atoms with E-state index in [1.54, 1.807) is 10.9 Å². The molecule has 3 aromatic rings. The van der Waals surface area contributed by atoms with Crippen LogP contribution >= 0.6 is 15.9 Å². The van der Waals surface area contributed by atoms with Crippen molar-refractivity contribution in [2.45, 2.75) is 58.9 Å².